The number of hydrogen-bond donors (Lipinski definition) is 2. The summed E-state index contributed by atoms with van der Waals surface area (Å²) >= 11 is 11.9. The van der Waals surface area contributed by atoms with Crippen molar-refractivity contribution in [1.82, 2.24) is 0 Å². The number of halogens is 2. The van der Waals surface area contributed by atoms with Gasteiger partial charge >= 0.3 is 0 Å². The Morgan fingerprint density at radius 3 is 2.17 bits per heavy atom. The molecule has 0 saturated carbocycles. The number of nitrogens with one attached hydrogen (secondary N) is 2. The van der Waals surface area contributed by atoms with Gasteiger partial charge in [-0.25, -0.2) is 8.42 Å². The third kappa shape index (κ3) is 6.39. The second kappa shape index (κ2) is 11.4. The van der Waals surface area contributed by atoms with Crippen molar-refractivity contribution in [2.75, 3.05) is 31.4 Å². The second-order valence-corrected chi connectivity index (χ2v) is 9.53. The minimum atomic E-state index is -3.90. The lowest BCUT2D eigenvalue weighted by atomic mass is 10.1. The van der Waals surface area contributed by atoms with Crippen molar-refractivity contribution in [2.24, 2.45) is 0 Å². The van der Waals surface area contributed by atoms with E-state index in [-0.39, 0.29) is 15.6 Å². The van der Waals surface area contributed by atoms with E-state index >= 15 is 0 Å². The van der Waals surface area contributed by atoms with Crippen molar-refractivity contribution >= 4 is 56.6 Å². The van der Waals surface area contributed by atoms with Gasteiger partial charge in [-0.1, -0.05) is 23.2 Å². The van der Waals surface area contributed by atoms with Crippen LogP contribution in [0.2, 0.25) is 10.0 Å². The van der Waals surface area contributed by atoms with Crippen molar-refractivity contribution in [2.45, 2.75) is 4.90 Å². The molecular weight excluding hydrogens is 515 g/mol. The van der Waals surface area contributed by atoms with Crippen LogP contribution in [0.3, 0.4) is 0 Å². The Labute approximate surface area is 213 Å². The summed E-state index contributed by atoms with van der Waals surface area (Å²) in [6.07, 6.45) is 2.88. The summed E-state index contributed by atoms with van der Waals surface area (Å²) in [5.41, 5.74) is 1.21. The summed E-state index contributed by atoms with van der Waals surface area (Å²) in [5.74, 6) is 0.888. The summed E-state index contributed by atoms with van der Waals surface area (Å²) in [6.45, 7) is 0. The number of amides is 1. The van der Waals surface area contributed by atoms with Gasteiger partial charge in [-0.05, 0) is 60.7 Å². The Morgan fingerprint density at radius 2 is 1.57 bits per heavy atom. The molecule has 1 amide bonds. The number of benzene rings is 3. The van der Waals surface area contributed by atoms with Gasteiger partial charge in [0.2, 0.25) is 11.7 Å². The number of methoxy groups -OCH3 is 3. The maximum Gasteiger partial charge on any atom is 0.261 e. The van der Waals surface area contributed by atoms with Crippen molar-refractivity contribution in [3.8, 4) is 17.2 Å². The van der Waals surface area contributed by atoms with Gasteiger partial charge in [-0.15, -0.1) is 0 Å². The predicted octanol–water partition coefficient (Wildman–Crippen LogP) is 5.47. The molecule has 0 aliphatic rings. The Morgan fingerprint density at radius 1 is 0.886 bits per heavy atom. The number of carbonyl (C=O) groups is 1. The summed E-state index contributed by atoms with van der Waals surface area (Å²) in [7, 11) is 0.589. The normalized spacial score (nSPS) is 11.2. The summed E-state index contributed by atoms with van der Waals surface area (Å²) in [6, 6.07) is 13.5. The molecule has 0 radical (unpaired) electrons. The quantitative estimate of drug-likeness (QED) is 0.351. The Balaban J connectivity index is 1.71. The van der Waals surface area contributed by atoms with E-state index in [4.69, 9.17) is 37.4 Å². The van der Waals surface area contributed by atoms with Gasteiger partial charge < -0.3 is 19.5 Å². The number of rotatable bonds is 9. The minimum absolute atomic E-state index is 0.00729. The molecule has 0 fully saturated rings. The first-order valence-electron chi connectivity index (χ1n) is 10.0. The van der Waals surface area contributed by atoms with Gasteiger partial charge in [0.1, 0.15) is 0 Å². The molecule has 0 aliphatic carbocycles. The monoisotopic (exact) mass is 536 g/mol. The van der Waals surface area contributed by atoms with Crippen LogP contribution in [0.15, 0.2) is 65.6 Å². The fourth-order valence-electron chi connectivity index (χ4n) is 3.10. The third-order valence-corrected chi connectivity index (χ3v) is 6.69. The van der Waals surface area contributed by atoms with Crippen LogP contribution in [0.5, 0.6) is 17.2 Å². The van der Waals surface area contributed by atoms with Crippen LogP contribution < -0.4 is 24.2 Å². The van der Waals surface area contributed by atoms with Crippen LogP contribution >= 0.6 is 23.2 Å². The average Bonchev–Trinajstić information content (AvgIpc) is 2.84. The van der Waals surface area contributed by atoms with E-state index < -0.39 is 15.9 Å². The maximum absolute atomic E-state index is 12.7. The van der Waals surface area contributed by atoms with Crippen molar-refractivity contribution < 1.29 is 27.4 Å². The highest BCUT2D eigenvalue weighted by Crippen LogP contribution is 2.40. The highest BCUT2D eigenvalue weighted by molar-refractivity contribution is 7.92. The molecule has 11 heteroatoms. The van der Waals surface area contributed by atoms with Gasteiger partial charge in [-0.2, -0.15) is 0 Å². The molecule has 0 saturated heterocycles. The van der Waals surface area contributed by atoms with Crippen LogP contribution in [-0.2, 0) is 14.8 Å². The van der Waals surface area contributed by atoms with Crippen molar-refractivity contribution in [1.29, 1.82) is 0 Å². The number of ether oxygens (including phenoxy) is 3. The number of anilines is 2. The van der Waals surface area contributed by atoms with Gasteiger partial charge in [0.15, 0.2) is 11.5 Å². The van der Waals surface area contributed by atoms with Gasteiger partial charge in [0.25, 0.3) is 10.0 Å². The van der Waals surface area contributed by atoms with E-state index in [9.17, 15) is 13.2 Å². The first-order valence-corrected chi connectivity index (χ1v) is 12.3. The minimum Gasteiger partial charge on any atom is -0.493 e. The molecule has 8 nitrogen and oxygen atoms in total. The van der Waals surface area contributed by atoms with Gasteiger partial charge in [0.05, 0.1) is 36.9 Å². The topological polar surface area (TPSA) is 103 Å². The SMILES string of the molecule is COc1ccc(/C=C/C(=O)Nc2ccc(S(=O)(=O)Nc3ccc(Cl)cc3Cl)cc2)c(OC)c1OC. The van der Waals surface area contributed by atoms with Crippen molar-refractivity contribution in [3.05, 3.63) is 76.3 Å². The molecule has 0 heterocycles. The Hall–Kier alpha value is -3.40. The standard InChI is InChI=1S/C24H22Cl2N2O6S/c1-32-21-12-4-15(23(33-2)24(21)34-3)5-13-22(29)27-17-7-9-18(10-8-17)35(30,31)28-20-11-6-16(25)14-19(20)26/h4-14,28H,1-3H3,(H,27,29)/b13-5+. The fraction of sp³-hybridized carbons (Fsp3) is 0.125. The average molecular weight is 537 g/mol. The molecule has 184 valence electrons. The molecule has 3 rings (SSSR count). The molecule has 0 aliphatic heterocycles. The maximum atomic E-state index is 12.7. The van der Waals surface area contributed by atoms with Gasteiger partial charge in [-0.3, -0.25) is 9.52 Å². The number of sulfonamides is 1. The number of hydrogen-bond acceptors (Lipinski definition) is 6. The van der Waals surface area contributed by atoms with E-state index in [0.717, 1.165) is 0 Å². The Kier molecular flexibility index (Phi) is 8.50. The zero-order valence-electron chi connectivity index (χ0n) is 19.0. The third-order valence-electron chi connectivity index (χ3n) is 4.76. The lowest BCUT2D eigenvalue weighted by Crippen LogP contribution is -2.13. The predicted molar refractivity (Wildman–Crippen MR) is 137 cm³/mol. The first kappa shape index (κ1) is 26.2. The molecule has 0 bridgehead atoms. The van der Waals surface area contributed by atoms with Crippen molar-refractivity contribution in [3.63, 3.8) is 0 Å². The van der Waals surface area contributed by atoms with E-state index in [1.807, 2.05) is 0 Å². The van der Waals surface area contributed by atoms with Crippen LogP contribution in [0.1, 0.15) is 5.56 Å². The molecule has 2 N–H and O–H groups in total. The molecule has 0 aromatic heterocycles. The van der Waals surface area contributed by atoms with Gasteiger partial charge in [0, 0.05) is 22.3 Å². The fourth-order valence-corrected chi connectivity index (χ4v) is 4.69. The molecular formula is C24H22Cl2N2O6S. The Bertz CT molecular complexity index is 1360. The molecule has 35 heavy (non-hydrogen) atoms. The van der Waals surface area contributed by atoms with E-state index in [1.54, 1.807) is 18.2 Å². The van der Waals surface area contributed by atoms with E-state index in [2.05, 4.69) is 10.0 Å². The molecule has 3 aromatic rings. The highest BCUT2D eigenvalue weighted by Gasteiger charge is 2.17. The second-order valence-electron chi connectivity index (χ2n) is 7.00. The summed E-state index contributed by atoms with van der Waals surface area (Å²) in [5, 5.41) is 3.23. The number of carbonyl (C=O) groups excluding carboxylic acids is 1. The summed E-state index contributed by atoms with van der Waals surface area (Å²) in [4.78, 5) is 12.4. The molecule has 0 spiro atoms. The largest absolute Gasteiger partial charge is 0.493 e. The first-order chi connectivity index (χ1) is 16.7. The van der Waals surface area contributed by atoms with Crippen LogP contribution in [0, 0.1) is 0 Å². The smallest absolute Gasteiger partial charge is 0.261 e. The lowest BCUT2D eigenvalue weighted by molar-refractivity contribution is -0.111. The molecule has 0 unspecified atom stereocenters. The van der Waals surface area contributed by atoms with Crippen LogP contribution in [0.25, 0.3) is 6.08 Å². The van der Waals surface area contributed by atoms with E-state index in [0.29, 0.717) is 33.5 Å². The lowest BCUT2D eigenvalue weighted by Gasteiger charge is -2.14. The molecule has 3 aromatic carbocycles. The van der Waals surface area contributed by atoms with Crippen LogP contribution in [0.4, 0.5) is 11.4 Å². The zero-order chi connectivity index (χ0) is 25.6. The summed E-state index contributed by atoms with van der Waals surface area (Å²) < 4.78 is 43.7. The highest BCUT2D eigenvalue weighted by atomic mass is 35.5. The molecule has 0 atom stereocenters. The van der Waals surface area contributed by atoms with E-state index in [1.165, 1.54) is 69.9 Å². The van der Waals surface area contributed by atoms with Crippen LogP contribution in [-0.4, -0.2) is 35.7 Å². The zero-order valence-corrected chi connectivity index (χ0v) is 21.3.